The van der Waals surface area contributed by atoms with Crippen molar-refractivity contribution in [3.63, 3.8) is 0 Å². The zero-order chi connectivity index (χ0) is 13.2. The molecule has 1 saturated carbocycles. The highest BCUT2D eigenvalue weighted by Crippen LogP contribution is 2.41. The van der Waals surface area contributed by atoms with Gasteiger partial charge in [0.2, 0.25) is 5.91 Å². The highest BCUT2D eigenvalue weighted by molar-refractivity contribution is 5.98. The maximum atomic E-state index is 11.9. The number of ether oxygens (including phenoxy) is 1. The highest BCUT2D eigenvalue weighted by Gasteiger charge is 2.33. The molecule has 0 atom stereocenters. The number of carbonyl (C=O) groups excluding carboxylic acids is 1. The predicted octanol–water partition coefficient (Wildman–Crippen LogP) is 2.79. The number of anilines is 2. The molecule has 102 valence electrons. The Morgan fingerprint density at radius 1 is 1.42 bits per heavy atom. The van der Waals surface area contributed by atoms with Gasteiger partial charge in [0.1, 0.15) is 11.4 Å². The van der Waals surface area contributed by atoms with E-state index in [0.29, 0.717) is 19.1 Å². The van der Waals surface area contributed by atoms with Gasteiger partial charge in [-0.05, 0) is 31.4 Å². The Hall–Kier alpha value is -1.71. The van der Waals surface area contributed by atoms with Gasteiger partial charge in [-0.1, -0.05) is 13.0 Å². The van der Waals surface area contributed by atoms with Gasteiger partial charge in [0.05, 0.1) is 12.3 Å². The fourth-order valence-corrected chi connectivity index (χ4v) is 2.53. The summed E-state index contributed by atoms with van der Waals surface area (Å²) >= 11 is 0. The average molecular weight is 260 g/mol. The van der Waals surface area contributed by atoms with Crippen LogP contribution in [0.3, 0.4) is 0 Å². The van der Waals surface area contributed by atoms with Gasteiger partial charge in [0, 0.05) is 19.0 Å². The predicted molar refractivity (Wildman–Crippen MR) is 75.8 cm³/mol. The molecule has 0 aromatic heterocycles. The van der Waals surface area contributed by atoms with Crippen LogP contribution in [0.25, 0.3) is 0 Å². The first-order chi connectivity index (χ1) is 9.29. The summed E-state index contributed by atoms with van der Waals surface area (Å²) < 4.78 is 5.76. The standard InChI is InChI=1S/C15H20N2O2/c1-2-10-19-13-5-3-4-12-15(13)16-14(18)8-9-17(12)11-6-7-11/h3-5,11H,2,6-10H2,1H3,(H,16,18). The first kappa shape index (κ1) is 12.3. The number of hydrogen-bond donors (Lipinski definition) is 1. The molecule has 0 saturated heterocycles. The Bertz CT molecular complexity index is 483. The van der Waals surface area contributed by atoms with E-state index < -0.39 is 0 Å². The van der Waals surface area contributed by atoms with Crippen LogP contribution in [0.15, 0.2) is 18.2 Å². The molecule has 1 aliphatic heterocycles. The summed E-state index contributed by atoms with van der Waals surface area (Å²) in [5.41, 5.74) is 1.97. The van der Waals surface area contributed by atoms with Crippen LogP contribution in [0.2, 0.25) is 0 Å². The molecule has 3 rings (SSSR count). The van der Waals surface area contributed by atoms with E-state index in [1.54, 1.807) is 0 Å². The van der Waals surface area contributed by atoms with Gasteiger partial charge in [0.15, 0.2) is 0 Å². The second kappa shape index (κ2) is 5.11. The van der Waals surface area contributed by atoms with Gasteiger partial charge in [0.25, 0.3) is 0 Å². The number of benzene rings is 1. The minimum Gasteiger partial charge on any atom is -0.491 e. The van der Waals surface area contributed by atoms with Crippen LogP contribution in [0, 0.1) is 0 Å². The number of rotatable bonds is 4. The Morgan fingerprint density at radius 2 is 2.26 bits per heavy atom. The third-order valence-corrected chi connectivity index (χ3v) is 3.61. The Balaban J connectivity index is 1.96. The third-order valence-electron chi connectivity index (χ3n) is 3.61. The van der Waals surface area contributed by atoms with Crippen molar-refractivity contribution in [3.8, 4) is 5.75 Å². The van der Waals surface area contributed by atoms with Crippen LogP contribution in [0.5, 0.6) is 5.75 Å². The molecule has 19 heavy (non-hydrogen) atoms. The Kier molecular flexibility index (Phi) is 3.32. The molecule has 4 heteroatoms. The molecule has 1 heterocycles. The molecule has 1 aliphatic carbocycles. The molecule has 0 spiro atoms. The molecule has 0 radical (unpaired) electrons. The SMILES string of the molecule is CCCOc1cccc2c1NC(=O)CCN2C1CC1. The van der Waals surface area contributed by atoms with E-state index in [9.17, 15) is 4.79 Å². The molecule has 1 aromatic rings. The summed E-state index contributed by atoms with van der Waals surface area (Å²) in [5.74, 6) is 0.872. The number of para-hydroxylation sites is 1. The molecule has 1 N–H and O–H groups in total. The highest BCUT2D eigenvalue weighted by atomic mass is 16.5. The minimum atomic E-state index is 0.0805. The average Bonchev–Trinajstić information content (AvgIpc) is 3.22. The van der Waals surface area contributed by atoms with Crippen molar-refractivity contribution in [1.29, 1.82) is 0 Å². The van der Waals surface area contributed by atoms with Crippen molar-refractivity contribution in [3.05, 3.63) is 18.2 Å². The monoisotopic (exact) mass is 260 g/mol. The fourth-order valence-electron chi connectivity index (χ4n) is 2.53. The van der Waals surface area contributed by atoms with E-state index in [-0.39, 0.29) is 5.91 Å². The summed E-state index contributed by atoms with van der Waals surface area (Å²) in [7, 11) is 0. The van der Waals surface area contributed by atoms with E-state index in [4.69, 9.17) is 4.74 Å². The number of carbonyl (C=O) groups is 1. The van der Waals surface area contributed by atoms with Crippen LogP contribution in [0.4, 0.5) is 11.4 Å². The quantitative estimate of drug-likeness (QED) is 0.905. The maximum absolute atomic E-state index is 11.9. The van der Waals surface area contributed by atoms with Crippen molar-refractivity contribution in [1.82, 2.24) is 0 Å². The van der Waals surface area contributed by atoms with Crippen LogP contribution < -0.4 is 15.0 Å². The molecule has 0 bridgehead atoms. The van der Waals surface area contributed by atoms with Crippen molar-refractivity contribution in [2.24, 2.45) is 0 Å². The van der Waals surface area contributed by atoms with Crippen molar-refractivity contribution >= 4 is 17.3 Å². The molecular formula is C15H20N2O2. The van der Waals surface area contributed by atoms with Gasteiger partial charge < -0.3 is 15.0 Å². The Morgan fingerprint density at radius 3 is 3.00 bits per heavy atom. The summed E-state index contributed by atoms with van der Waals surface area (Å²) in [6, 6.07) is 6.63. The van der Waals surface area contributed by atoms with Crippen LogP contribution in [0.1, 0.15) is 32.6 Å². The summed E-state index contributed by atoms with van der Waals surface area (Å²) in [6.07, 6.45) is 3.98. The fraction of sp³-hybridized carbons (Fsp3) is 0.533. The van der Waals surface area contributed by atoms with E-state index in [2.05, 4.69) is 23.2 Å². The van der Waals surface area contributed by atoms with E-state index in [1.165, 1.54) is 12.8 Å². The van der Waals surface area contributed by atoms with Crippen LogP contribution >= 0.6 is 0 Å². The lowest BCUT2D eigenvalue weighted by Crippen LogP contribution is -2.26. The van der Waals surface area contributed by atoms with Crippen molar-refractivity contribution in [2.75, 3.05) is 23.4 Å². The first-order valence-corrected chi connectivity index (χ1v) is 7.12. The molecule has 4 nitrogen and oxygen atoms in total. The maximum Gasteiger partial charge on any atom is 0.226 e. The molecular weight excluding hydrogens is 240 g/mol. The molecule has 1 amide bonds. The number of nitrogens with one attached hydrogen (secondary N) is 1. The second-order valence-corrected chi connectivity index (χ2v) is 5.22. The zero-order valence-electron chi connectivity index (χ0n) is 11.3. The second-order valence-electron chi connectivity index (χ2n) is 5.22. The number of fused-ring (bicyclic) bond motifs is 1. The van der Waals surface area contributed by atoms with Gasteiger partial charge in [-0.15, -0.1) is 0 Å². The van der Waals surface area contributed by atoms with Gasteiger partial charge in [-0.2, -0.15) is 0 Å². The summed E-state index contributed by atoms with van der Waals surface area (Å²) in [5, 5.41) is 3.01. The van der Waals surface area contributed by atoms with Gasteiger partial charge in [-0.25, -0.2) is 0 Å². The molecule has 2 aliphatic rings. The van der Waals surface area contributed by atoms with E-state index in [1.807, 2.05) is 12.1 Å². The lowest BCUT2D eigenvalue weighted by atomic mass is 10.2. The topological polar surface area (TPSA) is 41.6 Å². The minimum absolute atomic E-state index is 0.0805. The number of amides is 1. The van der Waals surface area contributed by atoms with E-state index >= 15 is 0 Å². The normalized spacial score (nSPS) is 18.6. The van der Waals surface area contributed by atoms with Gasteiger partial charge >= 0.3 is 0 Å². The lowest BCUT2D eigenvalue weighted by Gasteiger charge is -2.24. The number of hydrogen-bond acceptors (Lipinski definition) is 3. The largest absolute Gasteiger partial charge is 0.491 e. The summed E-state index contributed by atoms with van der Waals surface area (Å²) in [4.78, 5) is 14.2. The zero-order valence-corrected chi connectivity index (χ0v) is 11.3. The van der Waals surface area contributed by atoms with E-state index in [0.717, 1.165) is 30.1 Å². The molecule has 1 aromatic carbocycles. The van der Waals surface area contributed by atoms with Crippen LogP contribution in [-0.4, -0.2) is 25.1 Å². The third kappa shape index (κ3) is 2.53. The molecule has 0 unspecified atom stereocenters. The van der Waals surface area contributed by atoms with Crippen molar-refractivity contribution < 1.29 is 9.53 Å². The first-order valence-electron chi connectivity index (χ1n) is 7.12. The Labute approximate surface area is 113 Å². The van der Waals surface area contributed by atoms with Crippen LogP contribution in [-0.2, 0) is 4.79 Å². The number of nitrogens with zero attached hydrogens (tertiary/aromatic N) is 1. The molecule has 1 fully saturated rings. The smallest absolute Gasteiger partial charge is 0.226 e. The van der Waals surface area contributed by atoms with Crippen molar-refractivity contribution in [2.45, 2.75) is 38.6 Å². The van der Waals surface area contributed by atoms with Gasteiger partial charge in [-0.3, -0.25) is 4.79 Å². The lowest BCUT2D eigenvalue weighted by molar-refractivity contribution is -0.116. The summed E-state index contributed by atoms with van der Waals surface area (Å²) in [6.45, 7) is 3.56.